The van der Waals surface area contributed by atoms with E-state index in [4.69, 9.17) is 18.9 Å². The first-order valence-electron chi connectivity index (χ1n) is 10.9. The van der Waals surface area contributed by atoms with Gasteiger partial charge in [0.1, 0.15) is 5.75 Å². The maximum Gasteiger partial charge on any atom is 0.338 e. The lowest BCUT2D eigenvalue weighted by molar-refractivity contribution is -0.136. The smallest absolute Gasteiger partial charge is 0.338 e. The van der Waals surface area contributed by atoms with Gasteiger partial charge in [0.25, 0.3) is 5.56 Å². The molecule has 1 aromatic heterocycles. The molecule has 0 radical (unpaired) electrons. The van der Waals surface area contributed by atoms with E-state index in [2.05, 4.69) is 4.99 Å². The highest BCUT2D eigenvalue weighted by Gasteiger charge is 2.33. The maximum absolute atomic E-state index is 13.6. The van der Waals surface area contributed by atoms with Crippen LogP contribution < -0.4 is 29.1 Å². The zero-order chi connectivity index (χ0) is 26.0. The summed E-state index contributed by atoms with van der Waals surface area (Å²) in [5.74, 6) is 0.434. The number of allylic oxidation sites excluding steroid dienone is 1. The summed E-state index contributed by atoms with van der Waals surface area (Å²) in [4.78, 5) is 42.7. The normalized spacial score (nSPS) is 15.1. The number of carbonyl (C=O) groups is 2. The first kappa shape index (κ1) is 24.9. The number of aromatic nitrogens is 1. The minimum Gasteiger partial charge on any atom is -0.493 e. The first-order valence-corrected chi connectivity index (χ1v) is 11.7. The van der Waals surface area contributed by atoms with Crippen molar-refractivity contribution in [1.82, 2.24) is 4.57 Å². The van der Waals surface area contributed by atoms with E-state index in [1.54, 1.807) is 63.6 Å². The topological polar surface area (TPSA) is 105 Å². The van der Waals surface area contributed by atoms with Crippen LogP contribution in [-0.2, 0) is 14.3 Å². The van der Waals surface area contributed by atoms with Gasteiger partial charge in [-0.2, -0.15) is 0 Å². The van der Waals surface area contributed by atoms with E-state index < -0.39 is 18.0 Å². The molecule has 9 nitrogen and oxygen atoms in total. The van der Waals surface area contributed by atoms with Crippen LogP contribution in [0.15, 0.2) is 63.5 Å². The van der Waals surface area contributed by atoms with Crippen molar-refractivity contribution in [3.63, 3.8) is 0 Å². The highest BCUT2D eigenvalue weighted by molar-refractivity contribution is 7.07. The van der Waals surface area contributed by atoms with E-state index >= 15 is 0 Å². The highest BCUT2D eigenvalue weighted by Crippen LogP contribution is 2.32. The number of hydrogen-bond acceptors (Lipinski definition) is 9. The van der Waals surface area contributed by atoms with Crippen LogP contribution in [0.25, 0.3) is 6.08 Å². The molecule has 0 bridgehead atoms. The molecule has 10 heteroatoms. The summed E-state index contributed by atoms with van der Waals surface area (Å²) >= 11 is 1.22. The molecular formula is C26H24N2O7S. The maximum atomic E-state index is 13.6. The van der Waals surface area contributed by atoms with Crippen LogP contribution in [0.4, 0.5) is 0 Å². The summed E-state index contributed by atoms with van der Waals surface area (Å²) in [6.45, 7) is 3.02. The van der Waals surface area contributed by atoms with E-state index in [-0.39, 0.29) is 11.1 Å². The number of methoxy groups -OCH3 is 3. The van der Waals surface area contributed by atoms with Gasteiger partial charge in [-0.3, -0.25) is 14.2 Å². The monoisotopic (exact) mass is 508 g/mol. The number of benzene rings is 2. The van der Waals surface area contributed by atoms with Crippen molar-refractivity contribution in [2.45, 2.75) is 19.9 Å². The molecule has 0 spiro atoms. The average Bonchev–Trinajstić information content (AvgIpc) is 3.17. The SMILES string of the molecule is COC(=O)C1=C(C)N=c2s/c(=C/c3ccc(OC)c(OC)c3)c(=O)n2[C@@H]1c1ccc(OC(C)=O)cc1. The Kier molecular flexibility index (Phi) is 7.07. The van der Waals surface area contributed by atoms with E-state index in [0.717, 1.165) is 5.56 Å². The Balaban J connectivity index is 1.89. The summed E-state index contributed by atoms with van der Waals surface area (Å²) in [6, 6.07) is 11.2. The Morgan fingerprint density at radius 3 is 2.33 bits per heavy atom. The van der Waals surface area contributed by atoms with Gasteiger partial charge in [-0.25, -0.2) is 9.79 Å². The van der Waals surface area contributed by atoms with Gasteiger partial charge in [0.2, 0.25) is 0 Å². The molecule has 36 heavy (non-hydrogen) atoms. The van der Waals surface area contributed by atoms with Crippen LogP contribution >= 0.6 is 11.3 Å². The van der Waals surface area contributed by atoms with E-state index in [1.807, 2.05) is 6.07 Å². The molecule has 4 rings (SSSR count). The van der Waals surface area contributed by atoms with Crippen molar-refractivity contribution in [3.05, 3.63) is 84.5 Å². The van der Waals surface area contributed by atoms with Crippen molar-refractivity contribution in [2.24, 2.45) is 4.99 Å². The minimum atomic E-state index is -0.771. The second-order valence-electron chi connectivity index (χ2n) is 7.85. The van der Waals surface area contributed by atoms with Crippen LogP contribution in [0.3, 0.4) is 0 Å². The van der Waals surface area contributed by atoms with Crippen molar-refractivity contribution in [2.75, 3.05) is 21.3 Å². The van der Waals surface area contributed by atoms with Crippen molar-refractivity contribution in [1.29, 1.82) is 0 Å². The van der Waals surface area contributed by atoms with Crippen molar-refractivity contribution >= 4 is 29.4 Å². The Morgan fingerprint density at radius 1 is 1.03 bits per heavy atom. The molecule has 0 amide bonds. The molecule has 0 aliphatic carbocycles. The molecular weight excluding hydrogens is 484 g/mol. The average molecular weight is 509 g/mol. The lowest BCUT2D eigenvalue weighted by Crippen LogP contribution is -2.39. The summed E-state index contributed by atoms with van der Waals surface area (Å²) < 4.78 is 22.7. The van der Waals surface area contributed by atoms with Gasteiger partial charge in [-0.15, -0.1) is 0 Å². The van der Waals surface area contributed by atoms with E-state index in [9.17, 15) is 14.4 Å². The summed E-state index contributed by atoms with van der Waals surface area (Å²) in [6.07, 6.45) is 1.74. The number of thiazole rings is 1. The summed E-state index contributed by atoms with van der Waals surface area (Å²) in [5, 5.41) is 0. The molecule has 0 saturated carbocycles. The molecule has 186 valence electrons. The number of esters is 2. The second-order valence-corrected chi connectivity index (χ2v) is 8.86. The standard InChI is InChI=1S/C26H24N2O7S/c1-14-22(25(31)34-5)23(17-7-9-18(10-8-17)35-15(2)29)28-24(30)21(36-26(28)27-14)13-16-6-11-19(32-3)20(12-16)33-4/h6-13,23H,1-5H3/b21-13+/t23-/m1/s1. The number of ether oxygens (including phenoxy) is 4. The van der Waals surface area contributed by atoms with Gasteiger partial charge in [-0.05, 0) is 48.4 Å². The van der Waals surface area contributed by atoms with Gasteiger partial charge in [-0.1, -0.05) is 29.5 Å². The summed E-state index contributed by atoms with van der Waals surface area (Å²) in [7, 11) is 4.38. The van der Waals surface area contributed by atoms with Crippen molar-refractivity contribution < 1.29 is 28.5 Å². The van der Waals surface area contributed by atoms with Crippen LogP contribution in [0.2, 0.25) is 0 Å². The molecule has 3 aromatic rings. The highest BCUT2D eigenvalue weighted by atomic mass is 32.1. The largest absolute Gasteiger partial charge is 0.493 e. The van der Waals surface area contributed by atoms with Crippen LogP contribution in [0, 0.1) is 0 Å². The third-order valence-corrected chi connectivity index (χ3v) is 6.57. The Labute approximate surface area is 210 Å². The number of nitrogens with zero attached hydrogens (tertiary/aromatic N) is 2. The molecule has 1 atom stereocenters. The van der Waals surface area contributed by atoms with Gasteiger partial charge in [0, 0.05) is 6.92 Å². The lowest BCUT2D eigenvalue weighted by atomic mass is 9.96. The number of hydrogen-bond donors (Lipinski definition) is 0. The zero-order valence-corrected chi connectivity index (χ0v) is 21.2. The third-order valence-electron chi connectivity index (χ3n) is 5.59. The van der Waals surface area contributed by atoms with Gasteiger partial charge >= 0.3 is 11.9 Å². The predicted octanol–water partition coefficient (Wildman–Crippen LogP) is 2.35. The zero-order valence-electron chi connectivity index (χ0n) is 20.4. The molecule has 2 heterocycles. The quantitative estimate of drug-likeness (QED) is 0.372. The van der Waals surface area contributed by atoms with Crippen LogP contribution in [0.1, 0.15) is 31.0 Å². The number of fused-ring (bicyclic) bond motifs is 1. The lowest BCUT2D eigenvalue weighted by Gasteiger charge is -2.24. The fourth-order valence-electron chi connectivity index (χ4n) is 3.99. The van der Waals surface area contributed by atoms with Gasteiger partial charge < -0.3 is 18.9 Å². The van der Waals surface area contributed by atoms with Crippen molar-refractivity contribution in [3.8, 4) is 17.2 Å². The van der Waals surface area contributed by atoms with Gasteiger partial charge in [0.15, 0.2) is 16.3 Å². The molecule has 1 aliphatic rings. The van der Waals surface area contributed by atoms with Crippen LogP contribution in [0.5, 0.6) is 17.2 Å². The Bertz CT molecular complexity index is 1550. The number of rotatable bonds is 6. The molecule has 1 aliphatic heterocycles. The fourth-order valence-corrected chi connectivity index (χ4v) is 5.03. The second kappa shape index (κ2) is 10.2. The molecule has 0 N–H and O–H groups in total. The summed E-state index contributed by atoms with van der Waals surface area (Å²) in [5.41, 5.74) is 1.78. The van der Waals surface area contributed by atoms with Gasteiger partial charge in [0.05, 0.1) is 43.2 Å². The van der Waals surface area contributed by atoms with E-state index in [1.165, 1.54) is 29.9 Å². The first-order chi connectivity index (χ1) is 17.3. The Morgan fingerprint density at radius 2 is 1.72 bits per heavy atom. The molecule has 0 saturated heterocycles. The fraction of sp³-hybridized carbons (Fsp3) is 0.231. The molecule has 0 unspecified atom stereocenters. The predicted molar refractivity (Wildman–Crippen MR) is 133 cm³/mol. The minimum absolute atomic E-state index is 0.253. The van der Waals surface area contributed by atoms with E-state index in [0.29, 0.717) is 37.8 Å². The Hall–Kier alpha value is -4.18. The molecule has 2 aromatic carbocycles. The molecule has 0 fully saturated rings. The number of carbonyl (C=O) groups excluding carboxylic acids is 2. The van der Waals surface area contributed by atoms with Crippen LogP contribution in [-0.4, -0.2) is 37.8 Å². The third kappa shape index (κ3) is 4.67.